The van der Waals surface area contributed by atoms with Crippen molar-refractivity contribution >= 4 is 21.8 Å². The van der Waals surface area contributed by atoms with Crippen LogP contribution in [0.3, 0.4) is 0 Å². The van der Waals surface area contributed by atoms with E-state index < -0.39 is 0 Å². The molecule has 0 radical (unpaired) electrons. The Bertz CT molecular complexity index is 394. The Morgan fingerprint density at radius 3 is 2.94 bits per heavy atom. The molecule has 0 unspecified atom stereocenters. The summed E-state index contributed by atoms with van der Waals surface area (Å²) in [4.78, 5) is 14.0. The normalized spacial score (nSPS) is 20.9. The molecule has 0 aliphatic carbocycles. The van der Waals surface area contributed by atoms with Crippen molar-refractivity contribution in [3.63, 3.8) is 0 Å². The summed E-state index contributed by atoms with van der Waals surface area (Å²) in [5.74, 6) is 0.0719. The average molecular weight is 284 g/mol. The van der Waals surface area contributed by atoms with Crippen molar-refractivity contribution in [1.29, 1.82) is 0 Å². The average Bonchev–Trinajstić information content (AvgIpc) is 2.29. The van der Waals surface area contributed by atoms with Gasteiger partial charge in [0.05, 0.1) is 18.3 Å². The molecule has 3 nitrogen and oxygen atoms in total. The number of morpholine rings is 1. The van der Waals surface area contributed by atoms with E-state index in [1.54, 1.807) is 0 Å². The van der Waals surface area contributed by atoms with Crippen LogP contribution in [0, 0.1) is 0 Å². The van der Waals surface area contributed by atoms with Crippen molar-refractivity contribution in [2.45, 2.75) is 13.0 Å². The van der Waals surface area contributed by atoms with Gasteiger partial charge < -0.3 is 9.64 Å². The molecule has 0 bridgehead atoms. The smallest absolute Gasteiger partial charge is 0.255 e. The highest BCUT2D eigenvalue weighted by atomic mass is 79.9. The van der Waals surface area contributed by atoms with Gasteiger partial charge in [-0.25, -0.2) is 0 Å². The molecule has 86 valence electrons. The molecule has 16 heavy (non-hydrogen) atoms. The first-order chi connectivity index (χ1) is 7.68. The topological polar surface area (TPSA) is 29.5 Å². The fraction of sp³-hybridized carbons (Fsp3) is 0.417. The van der Waals surface area contributed by atoms with Crippen LogP contribution in [0.4, 0.5) is 0 Å². The van der Waals surface area contributed by atoms with Gasteiger partial charge in [-0.05, 0) is 35.0 Å². The second-order valence-corrected chi connectivity index (χ2v) is 4.77. The van der Waals surface area contributed by atoms with Crippen LogP contribution >= 0.6 is 15.9 Å². The maximum Gasteiger partial charge on any atom is 0.255 e. The molecule has 1 amide bonds. The molecule has 2 rings (SSSR count). The molecule has 1 aliphatic heterocycles. The summed E-state index contributed by atoms with van der Waals surface area (Å²) in [6.45, 7) is 3.95. The van der Waals surface area contributed by atoms with Crippen molar-refractivity contribution in [2.24, 2.45) is 0 Å². The number of amides is 1. The molecule has 1 aliphatic rings. The van der Waals surface area contributed by atoms with Crippen molar-refractivity contribution in [2.75, 3.05) is 19.7 Å². The summed E-state index contributed by atoms with van der Waals surface area (Å²) < 4.78 is 6.27. The van der Waals surface area contributed by atoms with E-state index in [0.29, 0.717) is 19.7 Å². The highest BCUT2D eigenvalue weighted by Crippen LogP contribution is 2.19. The fourth-order valence-electron chi connectivity index (χ4n) is 1.81. The van der Waals surface area contributed by atoms with E-state index in [-0.39, 0.29) is 12.0 Å². The lowest BCUT2D eigenvalue weighted by atomic mass is 10.2. The third kappa shape index (κ3) is 2.44. The predicted molar refractivity (Wildman–Crippen MR) is 65.5 cm³/mol. The van der Waals surface area contributed by atoms with Crippen LogP contribution in [-0.2, 0) is 4.74 Å². The zero-order valence-electron chi connectivity index (χ0n) is 9.15. The maximum atomic E-state index is 12.2. The summed E-state index contributed by atoms with van der Waals surface area (Å²) in [5, 5.41) is 0. The summed E-state index contributed by atoms with van der Waals surface area (Å²) in [7, 11) is 0. The third-order valence-corrected chi connectivity index (χ3v) is 3.32. The number of benzene rings is 1. The fourth-order valence-corrected chi connectivity index (χ4v) is 2.26. The number of hydrogen-bond acceptors (Lipinski definition) is 2. The highest BCUT2D eigenvalue weighted by molar-refractivity contribution is 9.10. The number of ether oxygens (including phenoxy) is 1. The van der Waals surface area contributed by atoms with Crippen LogP contribution in [0.1, 0.15) is 17.3 Å². The third-order valence-electron chi connectivity index (χ3n) is 2.63. The number of carbonyl (C=O) groups excluding carboxylic acids is 1. The van der Waals surface area contributed by atoms with Crippen LogP contribution in [0.15, 0.2) is 28.7 Å². The van der Waals surface area contributed by atoms with Crippen molar-refractivity contribution < 1.29 is 9.53 Å². The van der Waals surface area contributed by atoms with E-state index in [2.05, 4.69) is 15.9 Å². The van der Waals surface area contributed by atoms with Crippen LogP contribution in [0.25, 0.3) is 0 Å². The zero-order chi connectivity index (χ0) is 11.5. The summed E-state index contributed by atoms with van der Waals surface area (Å²) >= 11 is 3.40. The maximum absolute atomic E-state index is 12.2. The molecule has 1 aromatic carbocycles. The lowest BCUT2D eigenvalue weighted by Gasteiger charge is -2.31. The number of hydrogen-bond donors (Lipinski definition) is 0. The Labute approximate surface area is 104 Å². The van der Waals surface area contributed by atoms with Crippen molar-refractivity contribution in [3.8, 4) is 0 Å². The molecule has 1 fully saturated rings. The van der Waals surface area contributed by atoms with E-state index in [1.807, 2.05) is 36.1 Å². The van der Waals surface area contributed by atoms with Crippen molar-refractivity contribution in [1.82, 2.24) is 4.90 Å². The van der Waals surface area contributed by atoms with E-state index in [9.17, 15) is 4.79 Å². The minimum absolute atomic E-state index is 0.0719. The minimum Gasteiger partial charge on any atom is -0.375 e. The second-order valence-electron chi connectivity index (χ2n) is 3.91. The Morgan fingerprint density at radius 2 is 2.25 bits per heavy atom. The van der Waals surface area contributed by atoms with Crippen LogP contribution in [-0.4, -0.2) is 36.6 Å². The number of nitrogens with zero attached hydrogens (tertiary/aromatic N) is 1. The molecule has 1 atom stereocenters. The molecule has 0 spiro atoms. The zero-order valence-corrected chi connectivity index (χ0v) is 10.7. The Hall–Kier alpha value is -0.870. The van der Waals surface area contributed by atoms with Gasteiger partial charge in [-0.1, -0.05) is 12.1 Å². The van der Waals surface area contributed by atoms with Gasteiger partial charge in [-0.3, -0.25) is 4.79 Å². The van der Waals surface area contributed by atoms with Gasteiger partial charge in [-0.2, -0.15) is 0 Å². The first-order valence-electron chi connectivity index (χ1n) is 5.34. The summed E-state index contributed by atoms with van der Waals surface area (Å²) in [5.41, 5.74) is 0.719. The van der Waals surface area contributed by atoms with E-state index >= 15 is 0 Å². The minimum atomic E-state index is 0.0719. The quantitative estimate of drug-likeness (QED) is 0.792. The molecular formula is C12H14BrNO2. The SMILES string of the molecule is C[C@H]1CN(C(=O)c2ccccc2Br)CCO1. The largest absolute Gasteiger partial charge is 0.375 e. The van der Waals surface area contributed by atoms with Crippen LogP contribution < -0.4 is 0 Å². The molecule has 1 heterocycles. The van der Waals surface area contributed by atoms with Gasteiger partial charge in [0.1, 0.15) is 0 Å². The van der Waals surface area contributed by atoms with Crippen LogP contribution in [0.5, 0.6) is 0 Å². The first kappa shape index (κ1) is 11.6. The van der Waals surface area contributed by atoms with Crippen LogP contribution in [0.2, 0.25) is 0 Å². The second kappa shape index (κ2) is 4.97. The number of rotatable bonds is 1. The van der Waals surface area contributed by atoms with Crippen molar-refractivity contribution in [3.05, 3.63) is 34.3 Å². The van der Waals surface area contributed by atoms with Gasteiger partial charge >= 0.3 is 0 Å². The van der Waals surface area contributed by atoms with Gasteiger partial charge in [0.15, 0.2) is 0 Å². The monoisotopic (exact) mass is 283 g/mol. The van der Waals surface area contributed by atoms with Gasteiger partial charge in [-0.15, -0.1) is 0 Å². The lowest BCUT2D eigenvalue weighted by molar-refractivity contribution is -0.0124. The first-order valence-corrected chi connectivity index (χ1v) is 6.13. The van der Waals surface area contributed by atoms with E-state index in [4.69, 9.17) is 4.74 Å². The number of halogens is 1. The standard InChI is InChI=1S/C12H14BrNO2/c1-9-8-14(6-7-16-9)12(15)10-4-2-3-5-11(10)13/h2-5,9H,6-8H2,1H3/t9-/m0/s1. The lowest BCUT2D eigenvalue weighted by Crippen LogP contribution is -2.44. The Morgan fingerprint density at radius 1 is 1.50 bits per heavy atom. The van der Waals surface area contributed by atoms with Gasteiger partial charge in [0.25, 0.3) is 5.91 Å². The summed E-state index contributed by atoms with van der Waals surface area (Å²) in [6.07, 6.45) is 0.125. The van der Waals surface area contributed by atoms with E-state index in [1.165, 1.54) is 0 Å². The van der Waals surface area contributed by atoms with Gasteiger partial charge in [0.2, 0.25) is 0 Å². The van der Waals surface area contributed by atoms with Gasteiger partial charge in [0, 0.05) is 17.6 Å². The summed E-state index contributed by atoms with van der Waals surface area (Å²) in [6, 6.07) is 7.51. The molecule has 1 saturated heterocycles. The molecule has 0 N–H and O–H groups in total. The Kier molecular flexibility index (Phi) is 3.61. The number of carbonyl (C=O) groups is 1. The molecule has 0 saturated carbocycles. The molecule has 0 aromatic heterocycles. The molecular weight excluding hydrogens is 270 g/mol. The molecule has 1 aromatic rings. The van der Waals surface area contributed by atoms with E-state index in [0.717, 1.165) is 10.0 Å². The predicted octanol–water partition coefficient (Wildman–Crippen LogP) is 2.31. The Balaban J connectivity index is 2.16. The highest BCUT2D eigenvalue weighted by Gasteiger charge is 2.23. The molecule has 4 heteroatoms.